The van der Waals surface area contributed by atoms with Gasteiger partial charge in [-0.05, 0) is 50.1 Å². The maximum absolute atomic E-state index is 13.0. The van der Waals surface area contributed by atoms with E-state index in [0.29, 0.717) is 18.5 Å². The number of piperidine rings is 1. The first kappa shape index (κ1) is 17.7. The second kappa shape index (κ2) is 8.29. The SMILES string of the molecule is CC(C)CNC(=O)CN(C)C1CCN(c2ccc(F)cc2)CC1. The fourth-order valence-electron chi connectivity index (χ4n) is 2.95. The molecule has 1 aromatic rings. The van der Waals surface area contributed by atoms with E-state index >= 15 is 0 Å². The number of nitrogens with zero attached hydrogens (tertiary/aromatic N) is 2. The number of anilines is 1. The molecule has 0 bridgehead atoms. The van der Waals surface area contributed by atoms with E-state index in [2.05, 4.69) is 29.0 Å². The van der Waals surface area contributed by atoms with Crippen LogP contribution >= 0.6 is 0 Å². The summed E-state index contributed by atoms with van der Waals surface area (Å²) < 4.78 is 13.0. The Balaban J connectivity index is 1.77. The molecule has 0 spiro atoms. The van der Waals surface area contributed by atoms with E-state index in [0.717, 1.165) is 38.2 Å². The van der Waals surface area contributed by atoms with Crippen LogP contribution in [0.15, 0.2) is 24.3 Å². The number of amides is 1. The van der Waals surface area contributed by atoms with Crippen molar-refractivity contribution in [3.05, 3.63) is 30.1 Å². The van der Waals surface area contributed by atoms with Gasteiger partial charge in [-0.1, -0.05) is 13.8 Å². The molecule has 4 nitrogen and oxygen atoms in total. The molecule has 0 atom stereocenters. The number of likely N-dealkylation sites (N-methyl/N-ethyl adjacent to an activating group) is 1. The number of rotatable bonds is 6. The van der Waals surface area contributed by atoms with Crippen molar-refractivity contribution in [3.63, 3.8) is 0 Å². The summed E-state index contributed by atoms with van der Waals surface area (Å²) in [5.74, 6) is 0.376. The molecule has 0 saturated carbocycles. The minimum Gasteiger partial charge on any atom is -0.371 e. The van der Waals surface area contributed by atoms with Crippen molar-refractivity contribution < 1.29 is 9.18 Å². The highest BCUT2D eigenvalue weighted by atomic mass is 19.1. The summed E-state index contributed by atoms with van der Waals surface area (Å²) in [6.07, 6.45) is 2.04. The van der Waals surface area contributed by atoms with Gasteiger partial charge in [0.2, 0.25) is 5.91 Å². The largest absolute Gasteiger partial charge is 0.371 e. The molecule has 0 aromatic heterocycles. The van der Waals surface area contributed by atoms with Crippen LogP contribution < -0.4 is 10.2 Å². The summed E-state index contributed by atoms with van der Waals surface area (Å²) in [5, 5.41) is 2.97. The number of hydrogen-bond donors (Lipinski definition) is 1. The summed E-state index contributed by atoms with van der Waals surface area (Å²) in [6, 6.07) is 7.10. The van der Waals surface area contributed by atoms with E-state index in [1.54, 1.807) is 0 Å². The highest BCUT2D eigenvalue weighted by Crippen LogP contribution is 2.22. The van der Waals surface area contributed by atoms with Gasteiger partial charge in [-0.25, -0.2) is 4.39 Å². The Morgan fingerprint density at radius 2 is 1.91 bits per heavy atom. The van der Waals surface area contributed by atoms with Gasteiger partial charge >= 0.3 is 0 Å². The van der Waals surface area contributed by atoms with Crippen LogP contribution in [0.2, 0.25) is 0 Å². The van der Waals surface area contributed by atoms with Crippen molar-refractivity contribution in [1.82, 2.24) is 10.2 Å². The van der Waals surface area contributed by atoms with E-state index in [1.807, 2.05) is 19.2 Å². The highest BCUT2D eigenvalue weighted by molar-refractivity contribution is 5.78. The lowest BCUT2D eigenvalue weighted by molar-refractivity contribution is -0.122. The Hall–Kier alpha value is -1.62. The van der Waals surface area contributed by atoms with Crippen LogP contribution in [0.4, 0.5) is 10.1 Å². The molecule has 1 N–H and O–H groups in total. The molecule has 0 unspecified atom stereocenters. The zero-order chi connectivity index (χ0) is 16.8. The van der Waals surface area contributed by atoms with E-state index in [9.17, 15) is 9.18 Å². The maximum atomic E-state index is 13.0. The maximum Gasteiger partial charge on any atom is 0.234 e. The van der Waals surface area contributed by atoms with Crippen molar-refractivity contribution in [2.45, 2.75) is 32.7 Å². The molecule has 128 valence electrons. The summed E-state index contributed by atoms with van der Waals surface area (Å²) >= 11 is 0. The van der Waals surface area contributed by atoms with E-state index in [1.165, 1.54) is 12.1 Å². The minimum absolute atomic E-state index is 0.0992. The predicted molar refractivity (Wildman–Crippen MR) is 92.1 cm³/mol. The smallest absolute Gasteiger partial charge is 0.234 e. The Morgan fingerprint density at radius 1 is 1.30 bits per heavy atom. The van der Waals surface area contributed by atoms with Crippen LogP contribution in [0.3, 0.4) is 0 Å². The molecule has 5 heteroatoms. The van der Waals surface area contributed by atoms with E-state index in [4.69, 9.17) is 0 Å². The third-order valence-electron chi connectivity index (χ3n) is 4.38. The van der Waals surface area contributed by atoms with Crippen LogP contribution in [0.1, 0.15) is 26.7 Å². The molecule has 0 radical (unpaired) electrons. The lowest BCUT2D eigenvalue weighted by atomic mass is 10.0. The fourth-order valence-corrected chi connectivity index (χ4v) is 2.95. The molecule has 1 saturated heterocycles. The third kappa shape index (κ3) is 5.50. The predicted octanol–water partition coefficient (Wildman–Crippen LogP) is 2.50. The van der Waals surface area contributed by atoms with Crippen LogP contribution in [-0.4, -0.2) is 50.1 Å². The first-order valence-corrected chi connectivity index (χ1v) is 8.43. The van der Waals surface area contributed by atoms with Crippen molar-refractivity contribution in [2.24, 2.45) is 5.92 Å². The van der Waals surface area contributed by atoms with Crippen LogP contribution in [0.25, 0.3) is 0 Å². The number of hydrogen-bond acceptors (Lipinski definition) is 3. The lowest BCUT2D eigenvalue weighted by Gasteiger charge is -2.37. The quantitative estimate of drug-likeness (QED) is 0.874. The number of carbonyl (C=O) groups is 1. The number of halogens is 1. The van der Waals surface area contributed by atoms with E-state index < -0.39 is 0 Å². The fraction of sp³-hybridized carbons (Fsp3) is 0.611. The van der Waals surface area contributed by atoms with Crippen molar-refractivity contribution >= 4 is 11.6 Å². The average Bonchev–Trinajstić information content (AvgIpc) is 2.54. The second-order valence-corrected chi connectivity index (χ2v) is 6.81. The van der Waals surface area contributed by atoms with Crippen LogP contribution in [-0.2, 0) is 4.79 Å². The molecule has 1 aliphatic rings. The van der Waals surface area contributed by atoms with Gasteiger partial charge in [0.1, 0.15) is 5.82 Å². The van der Waals surface area contributed by atoms with Gasteiger partial charge < -0.3 is 10.2 Å². The molecule has 2 rings (SSSR count). The van der Waals surface area contributed by atoms with Crippen LogP contribution in [0.5, 0.6) is 0 Å². The van der Waals surface area contributed by atoms with E-state index in [-0.39, 0.29) is 11.7 Å². The molecule has 1 aromatic carbocycles. The number of nitrogens with one attached hydrogen (secondary N) is 1. The highest BCUT2D eigenvalue weighted by Gasteiger charge is 2.23. The summed E-state index contributed by atoms with van der Waals surface area (Å²) in [7, 11) is 2.02. The Labute approximate surface area is 138 Å². The molecule has 23 heavy (non-hydrogen) atoms. The molecule has 1 aliphatic heterocycles. The minimum atomic E-state index is -0.198. The van der Waals surface area contributed by atoms with Crippen molar-refractivity contribution in [1.29, 1.82) is 0 Å². The molecule has 1 heterocycles. The van der Waals surface area contributed by atoms with Crippen molar-refractivity contribution in [3.8, 4) is 0 Å². The normalized spacial score (nSPS) is 16.2. The number of benzene rings is 1. The van der Waals surface area contributed by atoms with Gasteiger partial charge in [0.05, 0.1) is 6.54 Å². The third-order valence-corrected chi connectivity index (χ3v) is 4.38. The first-order valence-electron chi connectivity index (χ1n) is 8.43. The van der Waals surface area contributed by atoms with Gasteiger partial charge in [-0.15, -0.1) is 0 Å². The number of carbonyl (C=O) groups excluding carboxylic acids is 1. The summed E-state index contributed by atoms with van der Waals surface area (Å²) in [5.41, 5.74) is 1.07. The topological polar surface area (TPSA) is 35.6 Å². The Morgan fingerprint density at radius 3 is 2.48 bits per heavy atom. The molecular weight excluding hydrogens is 293 g/mol. The summed E-state index contributed by atoms with van der Waals surface area (Å²) in [4.78, 5) is 16.4. The molecular formula is C18H28FN3O. The average molecular weight is 321 g/mol. The standard InChI is InChI=1S/C18H28FN3O/c1-14(2)12-20-18(23)13-21(3)16-8-10-22(11-9-16)17-6-4-15(19)5-7-17/h4-7,14,16H,8-13H2,1-3H3,(H,20,23). The summed E-state index contributed by atoms with van der Waals surface area (Å²) in [6.45, 7) is 7.25. The van der Waals surface area contributed by atoms with Crippen LogP contribution in [0, 0.1) is 11.7 Å². The molecule has 1 amide bonds. The van der Waals surface area contributed by atoms with Gasteiger partial charge in [-0.2, -0.15) is 0 Å². The molecule has 1 fully saturated rings. The lowest BCUT2D eigenvalue weighted by Crippen LogP contribution is -2.47. The van der Waals surface area contributed by atoms with Gasteiger partial charge in [-0.3, -0.25) is 9.69 Å². The Kier molecular flexibility index (Phi) is 6.39. The van der Waals surface area contributed by atoms with Crippen molar-refractivity contribution in [2.75, 3.05) is 38.1 Å². The zero-order valence-electron chi connectivity index (χ0n) is 14.4. The van der Waals surface area contributed by atoms with Gasteiger partial charge in [0, 0.05) is 31.4 Å². The zero-order valence-corrected chi connectivity index (χ0v) is 14.4. The monoisotopic (exact) mass is 321 g/mol. The second-order valence-electron chi connectivity index (χ2n) is 6.81. The van der Waals surface area contributed by atoms with Gasteiger partial charge in [0.25, 0.3) is 0 Å². The molecule has 0 aliphatic carbocycles. The van der Waals surface area contributed by atoms with Gasteiger partial charge in [0.15, 0.2) is 0 Å². The first-order chi connectivity index (χ1) is 11.0. The Bertz CT molecular complexity index is 495.